The van der Waals surface area contributed by atoms with Gasteiger partial charge >= 0.3 is 0 Å². The molecular formula is C15H21N. The summed E-state index contributed by atoms with van der Waals surface area (Å²) in [6, 6.07) is 7.45. The molecule has 1 aliphatic heterocycles. The molecule has 0 bridgehead atoms. The molecule has 0 aromatic heterocycles. The Hall–Kier alpha value is -1.08. The van der Waals surface area contributed by atoms with Gasteiger partial charge in [0.15, 0.2) is 0 Å². The largest absolute Gasteiger partial charge is 0.314 e. The van der Waals surface area contributed by atoms with E-state index in [-0.39, 0.29) is 0 Å². The van der Waals surface area contributed by atoms with Gasteiger partial charge in [-0.3, -0.25) is 0 Å². The van der Waals surface area contributed by atoms with E-state index in [4.69, 9.17) is 0 Å². The second-order valence-corrected chi connectivity index (χ2v) is 4.93. The third kappa shape index (κ3) is 2.53. The van der Waals surface area contributed by atoms with Crippen LogP contribution in [0.1, 0.15) is 36.5 Å². The zero-order valence-electron chi connectivity index (χ0n) is 10.3. The molecule has 1 aromatic carbocycles. The van der Waals surface area contributed by atoms with E-state index in [1.54, 1.807) is 0 Å². The fourth-order valence-electron chi connectivity index (χ4n) is 2.47. The summed E-state index contributed by atoms with van der Waals surface area (Å²) in [5, 5.41) is 3.55. The quantitative estimate of drug-likeness (QED) is 0.815. The number of allylic oxidation sites excluding steroid dienone is 1. The second-order valence-electron chi connectivity index (χ2n) is 4.93. The van der Waals surface area contributed by atoms with Gasteiger partial charge in [-0.25, -0.2) is 0 Å². The molecule has 1 atom stereocenters. The summed E-state index contributed by atoms with van der Waals surface area (Å²) in [6.45, 7) is 9.47. The minimum atomic E-state index is 0.681. The van der Waals surface area contributed by atoms with Gasteiger partial charge in [-0.15, -0.1) is 0 Å². The van der Waals surface area contributed by atoms with Crippen LogP contribution in [0.25, 0.3) is 5.57 Å². The van der Waals surface area contributed by atoms with Gasteiger partial charge in [-0.2, -0.15) is 0 Å². The van der Waals surface area contributed by atoms with Crippen molar-refractivity contribution >= 4 is 5.57 Å². The van der Waals surface area contributed by atoms with Crippen LogP contribution < -0.4 is 5.32 Å². The number of rotatable bonds is 3. The zero-order valence-corrected chi connectivity index (χ0v) is 10.3. The van der Waals surface area contributed by atoms with Crippen molar-refractivity contribution < 1.29 is 0 Å². The highest BCUT2D eigenvalue weighted by atomic mass is 14.9. The van der Waals surface area contributed by atoms with Crippen LogP contribution in [0.3, 0.4) is 0 Å². The number of aryl methyl sites for hydroxylation is 1. The number of hydrogen-bond donors (Lipinski definition) is 1. The first kappa shape index (κ1) is 11.4. The van der Waals surface area contributed by atoms with Crippen LogP contribution in [0.15, 0.2) is 24.8 Å². The average Bonchev–Trinajstić information content (AvgIpc) is 2.73. The summed E-state index contributed by atoms with van der Waals surface area (Å²) in [6.07, 6.45) is 3.79. The number of hydrogen-bond acceptors (Lipinski definition) is 1. The molecule has 1 saturated heterocycles. The van der Waals surface area contributed by atoms with Crippen molar-refractivity contribution in [1.29, 1.82) is 0 Å². The number of benzene rings is 1. The van der Waals surface area contributed by atoms with E-state index in [2.05, 4.69) is 43.9 Å². The molecule has 1 fully saturated rings. The highest BCUT2D eigenvalue weighted by molar-refractivity contribution is 5.65. The lowest BCUT2D eigenvalue weighted by atomic mass is 9.96. The summed E-state index contributed by atoms with van der Waals surface area (Å²) < 4.78 is 0. The van der Waals surface area contributed by atoms with Gasteiger partial charge in [0.25, 0.3) is 0 Å². The van der Waals surface area contributed by atoms with Crippen molar-refractivity contribution in [1.82, 2.24) is 5.32 Å². The van der Waals surface area contributed by atoms with Crippen molar-refractivity contribution in [2.24, 2.45) is 0 Å². The van der Waals surface area contributed by atoms with Crippen molar-refractivity contribution in [2.75, 3.05) is 6.54 Å². The molecule has 1 unspecified atom stereocenters. The normalized spacial score (nSPS) is 20.0. The smallest absolute Gasteiger partial charge is 0.0108 e. The highest BCUT2D eigenvalue weighted by Gasteiger charge is 2.14. The van der Waals surface area contributed by atoms with E-state index in [0.29, 0.717) is 6.04 Å². The van der Waals surface area contributed by atoms with Crippen LogP contribution in [-0.2, 0) is 6.42 Å². The fraction of sp³-hybridized carbons (Fsp3) is 0.467. The molecule has 86 valence electrons. The Morgan fingerprint density at radius 1 is 1.50 bits per heavy atom. The van der Waals surface area contributed by atoms with E-state index in [0.717, 1.165) is 6.42 Å². The maximum Gasteiger partial charge on any atom is 0.0108 e. The summed E-state index contributed by atoms with van der Waals surface area (Å²) in [5.74, 6) is 0. The Balaban J connectivity index is 2.15. The van der Waals surface area contributed by atoms with Gasteiger partial charge in [-0.05, 0) is 56.3 Å². The van der Waals surface area contributed by atoms with Crippen LogP contribution in [0.2, 0.25) is 0 Å². The molecule has 0 radical (unpaired) electrons. The van der Waals surface area contributed by atoms with Crippen molar-refractivity contribution in [3.05, 3.63) is 41.5 Å². The molecular weight excluding hydrogens is 194 g/mol. The molecule has 0 amide bonds. The Morgan fingerprint density at radius 3 is 2.94 bits per heavy atom. The number of nitrogens with one attached hydrogen (secondary N) is 1. The van der Waals surface area contributed by atoms with Gasteiger partial charge in [0, 0.05) is 6.04 Å². The highest BCUT2D eigenvalue weighted by Crippen LogP contribution is 2.20. The fourth-order valence-corrected chi connectivity index (χ4v) is 2.47. The maximum absolute atomic E-state index is 4.04. The van der Waals surface area contributed by atoms with Gasteiger partial charge in [0.1, 0.15) is 0 Å². The minimum absolute atomic E-state index is 0.681. The molecule has 1 aromatic rings. The Bertz CT molecular complexity index is 386. The van der Waals surface area contributed by atoms with Gasteiger partial charge in [0.2, 0.25) is 0 Å². The van der Waals surface area contributed by atoms with Crippen LogP contribution in [0, 0.1) is 6.92 Å². The third-order valence-electron chi connectivity index (χ3n) is 3.41. The molecule has 2 rings (SSSR count). The molecule has 1 N–H and O–H groups in total. The molecule has 1 heteroatoms. The van der Waals surface area contributed by atoms with E-state index in [1.165, 1.54) is 41.6 Å². The lowest BCUT2D eigenvalue weighted by Gasteiger charge is -2.13. The first-order chi connectivity index (χ1) is 7.66. The third-order valence-corrected chi connectivity index (χ3v) is 3.41. The monoisotopic (exact) mass is 215 g/mol. The van der Waals surface area contributed by atoms with Gasteiger partial charge < -0.3 is 5.32 Å². The van der Waals surface area contributed by atoms with Gasteiger partial charge in [-0.1, -0.05) is 30.4 Å². The molecule has 0 saturated carbocycles. The molecule has 16 heavy (non-hydrogen) atoms. The summed E-state index contributed by atoms with van der Waals surface area (Å²) in [5.41, 5.74) is 5.24. The molecule has 1 heterocycles. The van der Waals surface area contributed by atoms with E-state index in [9.17, 15) is 0 Å². The van der Waals surface area contributed by atoms with Crippen molar-refractivity contribution in [3.63, 3.8) is 0 Å². The van der Waals surface area contributed by atoms with E-state index < -0.39 is 0 Å². The molecule has 0 aliphatic carbocycles. The van der Waals surface area contributed by atoms with Crippen molar-refractivity contribution in [3.8, 4) is 0 Å². The predicted molar refractivity (Wildman–Crippen MR) is 70.6 cm³/mol. The van der Waals surface area contributed by atoms with Gasteiger partial charge in [0.05, 0.1) is 0 Å². The minimum Gasteiger partial charge on any atom is -0.314 e. The maximum atomic E-state index is 4.04. The molecule has 0 spiro atoms. The topological polar surface area (TPSA) is 12.0 Å². The SMILES string of the molecule is C=C(C)c1cc(CC2CCCN2)ccc1C. The van der Waals surface area contributed by atoms with Crippen LogP contribution in [-0.4, -0.2) is 12.6 Å². The Labute approximate surface area is 98.6 Å². The first-order valence-electron chi connectivity index (χ1n) is 6.15. The Morgan fingerprint density at radius 2 is 2.31 bits per heavy atom. The van der Waals surface area contributed by atoms with Crippen molar-refractivity contribution in [2.45, 2.75) is 39.2 Å². The molecule has 1 aliphatic rings. The van der Waals surface area contributed by atoms with Crippen LogP contribution in [0.5, 0.6) is 0 Å². The zero-order chi connectivity index (χ0) is 11.5. The van der Waals surface area contributed by atoms with Crippen LogP contribution >= 0.6 is 0 Å². The first-order valence-corrected chi connectivity index (χ1v) is 6.15. The lowest BCUT2D eigenvalue weighted by molar-refractivity contribution is 0.603. The van der Waals surface area contributed by atoms with E-state index in [1.807, 2.05) is 0 Å². The van der Waals surface area contributed by atoms with Crippen LogP contribution in [0.4, 0.5) is 0 Å². The second kappa shape index (κ2) is 4.84. The average molecular weight is 215 g/mol. The Kier molecular flexibility index (Phi) is 3.45. The van der Waals surface area contributed by atoms with E-state index >= 15 is 0 Å². The lowest BCUT2D eigenvalue weighted by Crippen LogP contribution is -2.23. The standard InChI is InChI=1S/C15H21N/c1-11(2)15-10-13(7-6-12(15)3)9-14-5-4-8-16-14/h6-7,10,14,16H,1,4-5,8-9H2,2-3H3. The summed E-state index contributed by atoms with van der Waals surface area (Å²) in [4.78, 5) is 0. The summed E-state index contributed by atoms with van der Waals surface area (Å²) in [7, 11) is 0. The summed E-state index contributed by atoms with van der Waals surface area (Å²) >= 11 is 0. The molecule has 1 nitrogen and oxygen atoms in total. The predicted octanol–water partition coefficient (Wildman–Crippen LogP) is 3.32.